The van der Waals surface area contributed by atoms with Crippen LogP contribution in [0.15, 0.2) is 35.1 Å². The van der Waals surface area contributed by atoms with Crippen molar-refractivity contribution < 1.29 is 51.7 Å². The van der Waals surface area contributed by atoms with Crippen molar-refractivity contribution in [2.45, 2.75) is 24.9 Å². The molecule has 0 aliphatic carbocycles. The molecule has 34 heavy (non-hydrogen) atoms. The Labute approximate surface area is 189 Å². The van der Waals surface area contributed by atoms with Gasteiger partial charge in [0.25, 0.3) is 5.56 Å². The van der Waals surface area contributed by atoms with Gasteiger partial charge in [-0.2, -0.15) is 9.29 Å². The van der Waals surface area contributed by atoms with Crippen LogP contribution in [0.3, 0.4) is 0 Å². The van der Waals surface area contributed by atoms with Crippen molar-refractivity contribution in [3.05, 3.63) is 40.7 Å². The molecule has 2 aliphatic rings. The van der Waals surface area contributed by atoms with E-state index in [4.69, 9.17) is 14.5 Å². The zero-order chi connectivity index (χ0) is 24.9. The largest absolute Gasteiger partial charge is 0.488 e. The van der Waals surface area contributed by atoms with E-state index < -0.39 is 47.2 Å². The van der Waals surface area contributed by atoms with Crippen LogP contribution in [-0.4, -0.2) is 58.1 Å². The van der Waals surface area contributed by atoms with Crippen LogP contribution in [-0.2, 0) is 27.1 Å². The monoisotopic (exact) mass is 539 g/mol. The topological polar surface area (TPSA) is 251 Å². The lowest BCUT2D eigenvalue weighted by molar-refractivity contribution is 0.0256. The Morgan fingerprint density at radius 2 is 1.88 bits per heavy atom. The number of nitrogens with one attached hydrogen (secondary N) is 1. The van der Waals surface area contributed by atoms with Gasteiger partial charge in [-0.3, -0.25) is 14.8 Å². The van der Waals surface area contributed by atoms with Crippen molar-refractivity contribution in [2.24, 2.45) is 0 Å². The third kappa shape index (κ3) is 5.57. The predicted molar refractivity (Wildman–Crippen MR) is 112 cm³/mol. The number of rotatable bonds is 7. The molecule has 0 aromatic carbocycles. The van der Waals surface area contributed by atoms with E-state index in [1.807, 2.05) is 0 Å². The van der Waals surface area contributed by atoms with Crippen LogP contribution in [0.5, 0.6) is 0 Å². The molecule has 20 heteroatoms. The normalized spacial score (nSPS) is 25.9. The fraction of sp³-hybridized carbons (Fsp3) is 0.286. The molecule has 4 heterocycles. The molecule has 0 spiro atoms. The molecule has 184 valence electrons. The van der Waals surface area contributed by atoms with Crippen LogP contribution >= 0.6 is 23.2 Å². The second kappa shape index (κ2) is 8.82. The molecule has 1 saturated heterocycles. The SMILES string of the molecule is O=c1ccc2c3c(ncnc3n1)N([C@@H]1O[C@H](/C=C/P(=O)(O)OP(=O)(O)OP(=O)(O)O)C[C@H]1O)N2. The molecule has 5 atom stereocenters. The molecule has 0 radical (unpaired) electrons. The number of hydrogen-bond acceptors (Lipinski definition) is 13. The van der Waals surface area contributed by atoms with Gasteiger partial charge in [0.1, 0.15) is 12.4 Å². The lowest BCUT2D eigenvalue weighted by Crippen LogP contribution is -2.44. The third-order valence-electron chi connectivity index (χ3n) is 4.44. The van der Waals surface area contributed by atoms with E-state index in [2.05, 4.69) is 29.0 Å². The Morgan fingerprint density at radius 3 is 2.59 bits per heavy atom. The number of anilines is 2. The van der Waals surface area contributed by atoms with Crippen LogP contribution in [0.4, 0.5) is 11.5 Å². The first kappa shape index (κ1) is 25.0. The van der Waals surface area contributed by atoms with E-state index in [1.165, 1.54) is 23.5 Å². The van der Waals surface area contributed by atoms with E-state index in [0.717, 1.165) is 6.08 Å². The smallest absolute Gasteiger partial charge is 0.388 e. The fourth-order valence-electron chi connectivity index (χ4n) is 3.28. The molecule has 4 rings (SSSR count). The highest BCUT2D eigenvalue weighted by Crippen LogP contribution is 2.66. The number of aliphatic hydroxyl groups is 1. The minimum absolute atomic E-state index is 0.0869. The number of ether oxygens (including phenoxy) is 1. The number of hydrazine groups is 1. The number of aliphatic hydroxyl groups excluding tert-OH is 1. The van der Waals surface area contributed by atoms with Crippen molar-refractivity contribution in [1.82, 2.24) is 15.0 Å². The maximum absolute atomic E-state index is 12.0. The fourth-order valence-corrected chi connectivity index (χ4v) is 6.55. The van der Waals surface area contributed by atoms with Crippen LogP contribution in [0.1, 0.15) is 6.42 Å². The summed E-state index contributed by atoms with van der Waals surface area (Å²) in [6.45, 7) is 0. The highest BCUT2D eigenvalue weighted by Gasteiger charge is 2.42. The van der Waals surface area contributed by atoms with E-state index in [9.17, 15) is 33.4 Å². The third-order valence-corrected chi connectivity index (χ3v) is 8.43. The zero-order valence-electron chi connectivity index (χ0n) is 16.6. The predicted octanol–water partition coefficient (Wildman–Crippen LogP) is -0.0668. The molecular formula is C14H16N5O12P3. The van der Waals surface area contributed by atoms with Crippen LogP contribution in [0, 0.1) is 0 Å². The van der Waals surface area contributed by atoms with Crippen molar-refractivity contribution >= 4 is 45.8 Å². The Balaban J connectivity index is 1.50. The first-order valence-electron chi connectivity index (χ1n) is 9.11. The van der Waals surface area contributed by atoms with E-state index in [1.54, 1.807) is 0 Å². The first-order valence-corrected chi connectivity index (χ1v) is 13.8. The zero-order valence-corrected chi connectivity index (χ0v) is 19.2. The van der Waals surface area contributed by atoms with Crippen molar-refractivity contribution in [1.29, 1.82) is 0 Å². The maximum Gasteiger partial charge on any atom is 0.488 e. The molecule has 2 aromatic rings. The first-order chi connectivity index (χ1) is 15.7. The molecule has 0 bridgehead atoms. The van der Waals surface area contributed by atoms with Crippen LogP contribution < -0.4 is 16.0 Å². The summed E-state index contributed by atoms with van der Waals surface area (Å²) < 4.78 is 47.3. The summed E-state index contributed by atoms with van der Waals surface area (Å²) in [4.78, 5) is 59.7. The molecule has 1 fully saturated rings. The van der Waals surface area contributed by atoms with E-state index in [0.29, 0.717) is 16.9 Å². The van der Waals surface area contributed by atoms with Crippen molar-refractivity contribution in [3.8, 4) is 0 Å². The summed E-state index contributed by atoms with van der Waals surface area (Å²) in [5.74, 6) is 0.705. The molecule has 6 N–H and O–H groups in total. The van der Waals surface area contributed by atoms with Gasteiger partial charge >= 0.3 is 23.2 Å². The van der Waals surface area contributed by atoms with E-state index in [-0.39, 0.29) is 17.9 Å². The second-order valence-corrected chi connectivity index (χ2v) is 11.6. The second-order valence-electron chi connectivity index (χ2n) is 6.97. The lowest BCUT2D eigenvalue weighted by atomic mass is 10.2. The van der Waals surface area contributed by atoms with Gasteiger partial charge in [-0.1, -0.05) is 0 Å². The van der Waals surface area contributed by atoms with Gasteiger partial charge in [-0.05, 0) is 12.1 Å². The molecule has 17 nitrogen and oxygen atoms in total. The number of phosphoric acid groups is 2. The quantitative estimate of drug-likeness (QED) is 0.252. The van der Waals surface area contributed by atoms with Crippen LogP contribution in [0.25, 0.3) is 11.0 Å². The Morgan fingerprint density at radius 1 is 1.15 bits per heavy atom. The summed E-state index contributed by atoms with van der Waals surface area (Å²) in [6, 6.07) is 2.67. The Hall–Kier alpha value is -2.13. The average Bonchev–Trinajstić information content (AvgIpc) is 3.17. The summed E-state index contributed by atoms with van der Waals surface area (Å²) in [7, 11) is -16.1. The summed E-state index contributed by atoms with van der Waals surface area (Å²) in [5, 5.41) is 12.2. The molecular weight excluding hydrogens is 523 g/mol. The summed E-state index contributed by atoms with van der Waals surface area (Å²) in [6.07, 6.45) is -1.17. The van der Waals surface area contributed by atoms with Gasteiger partial charge in [0, 0.05) is 18.3 Å². The number of aromatic nitrogens is 3. The van der Waals surface area contributed by atoms with Gasteiger partial charge in [0.05, 0.1) is 17.2 Å². The average molecular weight is 539 g/mol. The summed E-state index contributed by atoms with van der Waals surface area (Å²) >= 11 is 0. The highest BCUT2D eigenvalue weighted by molar-refractivity contribution is 7.69. The van der Waals surface area contributed by atoms with Crippen LogP contribution in [0.2, 0.25) is 0 Å². The molecule has 2 aliphatic heterocycles. The van der Waals surface area contributed by atoms with Gasteiger partial charge in [-0.15, -0.1) is 0 Å². The van der Waals surface area contributed by atoms with Crippen molar-refractivity contribution in [3.63, 3.8) is 0 Å². The molecule has 2 aromatic heterocycles. The standard InChI is InChI=1S/C14H16N5O12P3/c20-9-5-7(3-4-32(22,23)30-34(27,28)31-33(24,25)26)29-14(9)19-13-11-8(18-19)1-2-10(21)17-12(11)15-6-16-13/h1-4,6-7,9,14,18,20H,5H2,(H,22,23)(H,27,28)(H2,24,25,26)/b4-3+/t7-,9-,14-/m1/s1. The molecule has 0 saturated carbocycles. The summed E-state index contributed by atoms with van der Waals surface area (Å²) in [5.41, 5.74) is 2.94. The van der Waals surface area contributed by atoms with Gasteiger partial charge in [0.2, 0.25) is 0 Å². The number of hydrogen-bond donors (Lipinski definition) is 6. The van der Waals surface area contributed by atoms with Gasteiger partial charge < -0.3 is 29.4 Å². The molecule has 2 unspecified atom stereocenters. The Kier molecular flexibility index (Phi) is 6.48. The van der Waals surface area contributed by atoms with Gasteiger partial charge in [0.15, 0.2) is 17.7 Å². The number of nitrogens with zero attached hydrogens (tertiary/aromatic N) is 4. The minimum atomic E-state index is -5.58. The van der Waals surface area contributed by atoms with E-state index >= 15 is 0 Å². The maximum atomic E-state index is 12.0. The highest BCUT2D eigenvalue weighted by atomic mass is 31.3. The lowest BCUT2D eigenvalue weighted by Gasteiger charge is -2.27. The van der Waals surface area contributed by atoms with Gasteiger partial charge in [-0.25, -0.2) is 28.4 Å². The van der Waals surface area contributed by atoms with Crippen molar-refractivity contribution in [2.75, 3.05) is 10.4 Å². The minimum Gasteiger partial charge on any atom is -0.388 e. The Bertz CT molecular complexity index is 1370. The molecule has 0 amide bonds.